The summed E-state index contributed by atoms with van der Waals surface area (Å²) >= 11 is 0. The highest BCUT2D eigenvalue weighted by atomic mass is 32.2. The molecule has 1 aromatic carbocycles. The van der Waals surface area contributed by atoms with Crippen molar-refractivity contribution < 1.29 is 17.0 Å². The summed E-state index contributed by atoms with van der Waals surface area (Å²) in [5.74, 6) is 0. The average Bonchev–Trinajstić information content (AvgIpc) is 2.33. The fraction of sp³-hybridized carbons (Fsp3) is 0.600. The quantitative estimate of drug-likeness (QED) is 0.538. The molecule has 1 aromatic rings. The Labute approximate surface area is 121 Å². The third-order valence-electron chi connectivity index (χ3n) is 2.96. The molecule has 0 saturated carbocycles. The molecule has 0 aromatic heterocycles. The molecule has 0 aliphatic carbocycles. The largest absolute Gasteiger partial charge is 0.296 e. The predicted molar refractivity (Wildman–Crippen MR) is 78.0 cm³/mol. The summed E-state index contributed by atoms with van der Waals surface area (Å²) in [6.07, 6.45) is 2.59. The molecule has 0 heterocycles. The number of rotatable bonds is 8. The molecule has 114 valence electrons. The average molecular weight is 302 g/mol. The van der Waals surface area contributed by atoms with Crippen molar-refractivity contribution in [2.45, 2.75) is 57.0 Å². The number of hydrogen-bond acceptors (Lipinski definition) is 3. The van der Waals surface area contributed by atoms with Gasteiger partial charge in [0, 0.05) is 0 Å². The van der Waals surface area contributed by atoms with E-state index in [0.717, 1.165) is 18.4 Å². The van der Waals surface area contributed by atoms with E-state index in [1.807, 2.05) is 6.92 Å². The summed E-state index contributed by atoms with van der Waals surface area (Å²) in [5, 5.41) is 0. The van der Waals surface area contributed by atoms with Crippen molar-refractivity contribution in [3.05, 3.63) is 29.8 Å². The highest BCUT2D eigenvalue weighted by Gasteiger charge is 2.16. The van der Waals surface area contributed by atoms with Crippen LogP contribution in [0.4, 0.5) is 4.39 Å². The monoisotopic (exact) mass is 302 g/mol. The van der Waals surface area contributed by atoms with Gasteiger partial charge in [-0.25, -0.2) is 4.39 Å². The maximum Gasteiger partial charge on any atom is 0.296 e. The van der Waals surface area contributed by atoms with Crippen LogP contribution in [-0.2, 0) is 14.3 Å². The second-order valence-corrected chi connectivity index (χ2v) is 7.23. The Bertz CT molecular complexity index is 501. The molecular weight excluding hydrogens is 279 g/mol. The maximum atomic E-state index is 13.2. The predicted octanol–water partition coefficient (Wildman–Crippen LogP) is 4.01. The summed E-state index contributed by atoms with van der Waals surface area (Å²) in [5.41, 5.74) is -0.160. The molecule has 1 rings (SSSR count). The molecule has 0 radical (unpaired) electrons. The van der Waals surface area contributed by atoms with Crippen molar-refractivity contribution in [2.24, 2.45) is 0 Å². The normalized spacial score (nSPS) is 12.6. The first-order chi connectivity index (χ1) is 9.21. The van der Waals surface area contributed by atoms with Crippen molar-refractivity contribution in [1.82, 2.24) is 0 Å². The lowest BCUT2D eigenvalue weighted by atomic mass is 10.0. The van der Waals surface area contributed by atoms with Crippen molar-refractivity contribution in [2.75, 3.05) is 6.61 Å². The number of alkyl halides is 1. The number of aryl methyl sites for hydroxylation is 1. The second-order valence-electron chi connectivity index (χ2n) is 5.62. The van der Waals surface area contributed by atoms with Crippen LogP contribution in [0.5, 0.6) is 0 Å². The summed E-state index contributed by atoms with van der Waals surface area (Å²) in [7, 11) is -3.67. The number of benzene rings is 1. The molecule has 0 aliphatic heterocycles. The first-order valence-electron chi connectivity index (χ1n) is 6.86. The van der Waals surface area contributed by atoms with E-state index in [9.17, 15) is 12.8 Å². The van der Waals surface area contributed by atoms with Gasteiger partial charge in [0.1, 0.15) is 5.67 Å². The van der Waals surface area contributed by atoms with E-state index in [4.69, 9.17) is 4.18 Å². The Morgan fingerprint density at radius 1 is 1.10 bits per heavy atom. The van der Waals surface area contributed by atoms with Gasteiger partial charge in [0.2, 0.25) is 0 Å². The first kappa shape index (κ1) is 17.1. The van der Waals surface area contributed by atoms with Gasteiger partial charge in [0.05, 0.1) is 11.5 Å². The molecule has 5 heteroatoms. The Morgan fingerprint density at radius 3 is 2.25 bits per heavy atom. The second kappa shape index (κ2) is 7.18. The molecule has 0 unspecified atom stereocenters. The van der Waals surface area contributed by atoms with Crippen molar-refractivity contribution in [3.63, 3.8) is 0 Å². The fourth-order valence-electron chi connectivity index (χ4n) is 1.77. The van der Waals surface area contributed by atoms with Crippen molar-refractivity contribution in [3.8, 4) is 0 Å². The molecule has 0 bridgehead atoms. The molecule has 0 fully saturated rings. The van der Waals surface area contributed by atoms with E-state index in [-0.39, 0.29) is 11.5 Å². The SMILES string of the molecule is Cc1ccc(S(=O)(=O)OCCCCCC(C)(C)F)cc1. The van der Waals surface area contributed by atoms with E-state index in [1.54, 1.807) is 26.0 Å². The number of unbranched alkanes of at least 4 members (excludes halogenated alkanes) is 2. The molecule has 0 atom stereocenters. The van der Waals surface area contributed by atoms with Gasteiger partial charge in [-0.3, -0.25) is 4.18 Å². The van der Waals surface area contributed by atoms with Gasteiger partial charge >= 0.3 is 0 Å². The molecule has 0 spiro atoms. The van der Waals surface area contributed by atoms with Crippen molar-refractivity contribution in [1.29, 1.82) is 0 Å². The molecule has 0 aliphatic rings. The third kappa shape index (κ3) is 6.48. The number of hydrogen-bond donors (Lipinski definition) is 0. The van der Waals surface area contributed by atoms with E-state index in [1.165, 1.54) is 12.1 Å². The summed E-state index contributed by atoms with van der Waals surface area (Å²) in [6, 6.07) is 6.55. The van der Waals surface area contributed by atoms with Gasteiger partial charge in [-0.05, 0) is 45.7 Å². The molecular formula is C15H23FO3S. The highest BCUT2D eigenvalue weighted by Crippen LogP contribution is 2.18. The van der Waals surface area contributed by atoms with Gasteiger partial charge < -0.3 is 0 Å². The van der Waals surface area contributed by atoms with Crippen molar-refractivity contribution >= 4 is 10.1 Å². The van der Waals surface area contributed by atoms with E-state index in [0.29, 0.717) is 12.8 Å². The van der Waals surface area contributed by atoms with Gasteiger partial charge in [0.15, 0.2) is 0 Å². The van der Waals surface area contributed by atoms with E-state index in [2.05, 4.69) is 0 Å². The minimum absolute atomic E-state index is 0.142. The highest BCUT2D eigenvalue weighted by molar-refractivity contribution is 7.86. The van der Waals surface area contributed by atoms with Gasteiger partial charge in [-0.2, -0.15) is 8.42 Å². The standard InChI is InChI=1S/C15H23FO3S/c1-13-7-9-14(10-8-13)20(17,18)19-12-6-4-5-11-15(2,3)16/h7-10H,4-6,11-12H2,1-3H3. The minimum Gasteiger partial charge on any atom is -0.266 e. The lowest BCUT2D eigenvalue weighted by molar-refractivity contribution is 0.193. The molecule has 0 amide bonds. The van der Waals surface area contributed by atoms with Crippen LogP contribution in [0.2, 0.25) is 0 Å². The Morgan fingerprint density at radius 2 is 1.70 bits per heavy atom. The van der Waals surface area contributed by atoms with Crippen LogP contribution in [0.1, 0.15) is 45.1 Å². The van der Waals surface area contributed by atoms with Gasteiger partial charge in [0.25, 0.3) is 10.1 Å². The summed E-state index contributed by atoms with van der Waals surface area (Å²) in [6.45, 7) is 5.13. The van der Waals surface area contributed by atoms with Gasteiger partial charge in [-0.15, -0.1) is 0 Å². The van der Waals surface area contributed by atoms with Crippen LogP contribution >= 0.6 is 0 Å². The van der Waals surface area contributed by atoms with Crippen LogP contribution in [0.15, 0.2) is 29.2 Å². The molecule has 0 N–H and O–H groups in total. The Balaban J connectivity index is 2.32. The zero-order valence-electron chi connectivity index (χ0n) is 12.4. The Kier molecular flexibility index (Phi) is 6.14. The topological polar surface area (TPSA) is 43.4 Å². The first-order valence-corrected chi connectivity index (χ1v) is 8.26. The molecule has 20 heavy (non-hydrogen) atoms. The van der Waals surface area contributed by atoms with Crippen LogP contribution < -0.4 is 0 Å². The summed E-state index contributed by atoms with van der Waals surface area (Å²) in [4.78, 5) is 0.174. The van der Waals surface area contributed by atoms with E-state index < -0.39 is 15.8 Å². The minimum atomic E-state index is -3.67. The van der Waals surface area contributed by atoms with E-state index >= 15 is 0 Å². The maximum absolute atomic E-state index is 13.2. The Hall–Kier alpha value is -0.940. The fourth-order valence-corrected chi connectivity index (χ4v) is 2.71. The van der Waals surface area contributed by atoms with Crippen LogP contribution in [0.25, 0.3) is 0 Å². The van der Waals surface area contributed by atoms with Crippen LogP contribution in [0.3, 0.4) is 0 Å². The molecule has 0 saturated heterocycles. The molecule has 3 nitrogen and oxygen atoms in total. The lowest BCUT2D eigenvalue weighted by Gasteiger charge is -2.13. The lowest BCUT2D eigenvalue weighted by Crippen LogP contribution is -2.11. The summed E-state index contributed by atoms with van der Waals surface area (Å²) < 4.78 is 41.9. The number of halogens is 1. The zero-order valence-corrected chi connectivity index (χ0v) is 13.2. The smallest absolute Gasteiger partial charge is 0.266 e. The zero-order chi connectivity index (χ0) is 15.2. The third-order valence-corrected chi connectivity index (χ3v) is 4.29. The van der Waals surface area contributed by atoms with Gasteiger partial charge in [-0.1, -0.05) is 30.5 Å². The van der Waals surface area contributed by atoms with Crippen LogP contribution in [-0.4, -0.2) is 20.7 Å². The van der Waals surface area contributed by atoms with Crippen LogP contribution in [0, 0.1) is 6.92 Å².